The fourth-order valence-corrected chi connectivity index (χ4v) is 3.85. The highest BCUT2D eigenvalue weighted by atomic mass is 32.1. The third-order valence-corrected chi connectivity index (χ3v) is 5.05. The first kappa shape index (κ1) is 14.2. The molecule has 0 unspecified atom stereocenters. The number of hydrogen-bond donors (Lipinski definition) is 0. The molecule has 0 N–H and O–H groups in total. The summed E-state index contributed by atoms with van der Waals surface area (Å²) in [4.78, 5) is 5.13. The second kappa shape index (κ2) is 5.75. The van der Waals surface area contributed by atoms with Gasteiger partial charge in [-0.2, -0.15) is 9.61 Å². The van der Waals surface area contributed by atoms with E-state index >= 15 is 0 Å². The molecule has 3 heterocycles. The van der Waals surface area contributed by atoms with E-state index < -0.39 is 0 Å². The van der Waals surface area contributed by atoms with Crippen molar-refractivity contribution >= 4 is 27.1 Å². The van der Waals surface area contributed by atoms with Crippen LogP contribution < -0.4 is 0 Å². The fourth-order valence-electron chi connectivity index (χ4n) is 2.99. The summed E-state index contributed by atoms with van der Waals surface area (Å²) < 4.78 is 1.79. The van der Waals surface area contributed by atoms with Crippen molar-refractivity contribution in [2.45, 2.75) is 6.42 Å². The Morgan fingerprint density at radius 2 is 1.76 bits per heavy atom. The monoisotopic (exact) mass is 343 g/mol. The van der Waals surface area contributed by atoms with Crippen LogP contribution in [0.3, 0.4) is 0 Å². The summed E-state index contributed by atoms with van der Waals surface area (Å²) in [5.74, 6) is 0.677. The summed E-state index contributed by atoms with van der Waals surface area (Å²) in [5.41, 5.74) is 2.04. The van der Waals surface area contributed by atoms with Crippen LogP contribution in [0.15, 0.2) is 66.9 Å². The van der Waals surface area contributed by atoms with Crippen LogP contribution >= 0.6 is 11.3 Å². The van der Waals surface area contributed by atoms with E-state index in [0.29, 0.717) is 5.82 Å². The van der Waals surface area contributed by atoms with Crippen LogP contribution in [-0.4, -0.2) is 24.8 Å². The number of hydrogen-bond acceptors (Lipinski definition) is 5. The number of benzene rings is 2. The highest BCUT2D eigenvalue weighted by Gasteiger charge is 2.14. The van der Waals surface area contributed by atoms with Gasteiger partial charge in [0.05, 0.1) is 0 Å². The summed E-state index contributed by atoms with van der Waals surface area (Å²) in [6.07, 6.45) is 2.52. The van der Waals surface area contributed by atoms with Gasteiger partial charge in [0.2, 0.25) is 10.8 Å². The normalized spacial score (nSPS) is 11.4. The van der Waals surface area contributed by atoms with Gasteiger partial charge in [-0.3, -0.25) is 4.98 Å². The number of pyridine rings is 1. The van der Waals surface area contributed by atoms with Gasteiger partial charge in [0.25, 0.3) is 0 Å². The first-order valence-electron chi connectivity index (χ1n) is 7.98. The lowest BCUT2D eigenvalue weighted by Gasteiger charge is -2.04. The largest absolute Gasteiger partial charge is 0.253 e. The van der Waals surface area contributed by atoms with E-state index in [0.717, 1.165) is 22.1 Å². The SMILES string of the molecule is c1ccc(-c2nnc3sc(Cc4cccc5ccccc45)nn23)nc1. The summed E-state index contributed by atoms with van der Waals surface area (Å²) in [7, 11) is 0. The molecular weight excluding hydrogens is 330 g/mol. The molecule has 0 atom stereocenters. The van der Waals surface area contributed by atoms with Gasteiger partial charge in [0.1, 0.15) is 10.7 Å². The van der Waals surface area contributed by atoms with Crippen molar-refractivity contribution in [3.63, 3.8) is 0 Å². The molecule has 0 aliphatic carbocycles. The van der Waals surface area contributed by atoms with E-state index in [9.17, 15) is 0 Å². The zero-order valence-corrected chi connectivity index (χ0v) is 14.0. The number of aromatic nitrogens is 5. The Balaban J connectivity index is 1.57. The zero-order chi connectivity index (χ0) is 16.6. The minimum absolute atomic E-state index is 0.677. The Bertz CT molecular complexity index is 1170. The second-order valence-electron chi connectivity index (χ2n) is 5.74. The van der Waals surface area contributed by atoms with Crippen molar-refractivity contribution in [3.05, 3.63) is 77.4 Å². The molecule has 5 rings (SSSR count). The average molecular weight is 343 g/mol. The molecule has 25 heavy (non-hydrogen) atoms. The van der Waals surface area contributed by atoms with Crippen molar-refractivity contribution < 1.29 is 0 Å². The Kier molecular flexibility index (Phi) is 3.28. The van der Waals surface area contributed by atoms with Crippen LogP contribution in [0.25, 0.3) is 27.3 Å². The maximum atomic E-state index is 4.72. The van der Waals surface area contributed by atoms with Crippen molar-refractivity contribution in [1.82, 2.24) is 24.8 Å². The van der Waals surface area contributed by atoms with E-state index in [2.05, 4.69) is 57.6 Å². The van der Waals surface area contributed by atoms with Crippen LogP contribution in [-0.2, 0) is 6.42 Å². The maximum Gasteiger partial charge on any atom is 0.235 e. The third-order valence-electron chi connectivity index (χ3n) is 4.15. The van der Waals surface area contributed by atoms with Crippen LogP contribution in [0.1, 0.15) is 10.6 Å². The molecule has 3 aromatic heterocycles. The molecule has 5 nitrogen and oxygen atoms in total. The fraction of sp³-hybridized carbons (Fsp3) is 0.0526. The first-order valence-corrected chi connectivity index (χ1v) is 8.79. The molecule has 5 aromatic rings. The van der Waals surface area contributed by atoms with Gasteiger partial charge in [-0.15, -0.1) is 10.2 Å². The van der Waals surface area contributed by atoms with Crippen molar-refractivity contribution in [1.29, 1.82) is 0 Å². The van der Waals surface area contributed by atoms with E-state index in [4.69, 9.17) is 5.10 Å². The molecule has 0 aliphatic heterocycles. The Morgan fingerprint density at radius 3 is 2.68 bits per heavy atom. The van der Waals surface area contributed by atoms with Crippen molar-refractivity contribution in [2.24, 2.45) is 0 Å². The van der Waals surface area contributed by atoms with Gasteiger partial charge in [-0.05, 0) is 28.5 Å². The Labute approximate surface area is 147 Å². The molecule has 0 aliphatic rings. The van der Waals surface area contributed by atoms with E-state index in [-0.39, 0.29) is 0 Å². The van der Waals surface area contributed by atoms with Gasteiger partial charge in [0, 0.05) is 12.6 Å². The molecule has 0 spiro atoms. The Hall–Kier alpha value is -3.12. The lowest BCUT2D eigenvalue weighted by Crippen LogP contribution is -1.95. The lowest BCUT2D eigenvalue weighted by molar-refractivity contribution is 0.914. The van der Waals surface area contributed by atoms with Crippen molar-refractivity contribution in [2.75, 3.05) is 0 Å². The topological polar surface area (TPSA) is 56.0 Å². The Morgan fingerprint density at radius 1 is 0.880 bits per heavy atom. The standard InChI is InChI=1S/C19H13N5S/c1-2-9-15-13(6-1)7-5-8-14(15)12-17-23-24-18(21-22-19(24)25-17)16-10-3-4-11-20-16/h1-11H,12H2. The molecule has 0 bridgehead atoms. The van der Waals surface area contributed by atoms with Crippen LogP contribution in [0.4, 0.5) is 0 Å². The smallest absolute Gasteiger partial charge is 0.235 e. The van der Waals surface area contributed by atoms with E-state index in [1.54, 1.807) is 22.0 Å². The molecule has 0 radical (unpaired) electrons. The maximum absolute atomic E-state index is 4.72. The minimum atomic E-state index is 0.677. The highest BCUT2D eigenvalue weighted by molar-refractivity contribution is 7.16. The molecule has 0 saturated carbocycles. The van der Waals surface area contributed by atoms with E-state index in [1.807, 2.05) is 18.2 Å². The highest BCUT2D eigenvalue weighted by Crippen LogP contribution is 2.25. The van der Waals surface area contributed by atoms with Crippen LogP contribution in [0.2, 0.25) is 0 Å². The molecule has 2 aromatic carbocycles. The van der Waals surface area contributed by atoms with Gasteiger partial charge >= 0.3 is 0 Å². The summed E-state index contributed by atoms with van der Waals surface area (Å²) in [5, 5.41) is 16.7. The molecule has 0 amide bonds. The predicted molar refractivity (Wildman–Crippen MR) is 98.6 cm³/mol. The van der Waals surface area contributed by atoms with Gasteiger partial charge in [0.15, 0.2) is 0 Å². The molecule has 6 heteroatoms. The first-order chi connectivity index (χ1) is 12.4. The quantitative estimate of drug-likeness (QED) is 0.497. The predicted octanol–water partition coefficient (Wildman–Crippen LogP) is 3.99. The molecular formula is C19H13N5S. The van der Waals surface area contributed by atoms with Crippen molar-refractivity contribution in [3.8, 4) is 11.5 Å². The molecule has 120 valence electrons. The van der Waals surface area contributed by atoms with Gasteiger partial charge < -0.3 is 0 Å². The minimum Gasteiger partial charge on any atom is -0.253 e. The molecule has 0 saturated heterocycles. The third kappa shape index (κ3) is 2.47. The van der Waals surface area contributed by atoms with Crippen LogP contribution in [0.5, 0.6) is 0 Å². The van der Waals surface area contributed by atoms with Gasteiger partial charge in [-0.1, -0.05) is 59.9 Å². The summed E-state index contributed by atoms with van der Waals surface area (Å²) >= 11 is 1.57. The summed E-state index contributed by atoms with van der Waals surface area (Å²) in [6.45, 7) is 0. The number of rotatable bonds is 3. The average Bonchev–Trinajstić information content (AvgIpc) is 3.23. The molecule has 0 fully saturated rings. The second-order valence-corrected chi connectivity index (χ2v) is 6.78. The lowest BCUT2D eigenvalue weighted by atomic mass is 10.0. The van der Waals surface area contributed by atoms with Gasteiger partial charge in [-0.25, -0.2) is 0 Å². The number of fused-ring (bicyclic) bond motifs is 2. The van der Waals surface area contributed by atoms with E-state index in [1.165, 1.54) is 16.3 Å². The van der Waals surface area contributed by atoms with Crippen LogP contribution in [0, 0.1) is 0 Å². The summed E-state index contributed by atoms with van der Waals surface area (Å²) in [6, 6.07) is 20.6. The number of nitrogens with zero attached hydrogens (tertiary/aromatic N) is 5. The zero-order valence-electron chi connectivity index (χ0n) is 13.2.